The molecule has 0 aliphatic carbocycles. The number of carbonyl (C=O) groups is 1. The summed E-state index contributed by atoms with van der Waals surface area (Å²) in [7, 11) is 0. The molecule has 20 heavy (non-hydrogen) atoms. The highest BCUT2D eigenvalue weighted by atomic mass is 35.5. The minimum absolute atomic E-state index is 0.152. The van der Waals surface area contributed by atoms with E-state index in [2.05, 4.69) is 10.3 Å². The Morgan fingerprint density at radius 3 is 2.80 bits per heavy atom. The Bertz CT molecular complexity index is 544. The van der Waals surface area contributed by atoms with Crippen LogP contribution in [0.5, 0.6) is 0 Å². The minimum atomic E-state index is -0.493. The van der Waals surface area contributed by atoms with Gasteiger partial charge in [0.2, 0.25) is 0 Å². The van der Waals surface area contributed by atoms with Gasteiger partial charge in [0.05, 0.1) is 0 Å². The normalized spacial score (nSPS) is 11.6. The van der Waals surface area contributed by atoms with Crippen molar-refractivity contribution in [2.75, 3.05) is 6.54 Å². The zero-order chi connectivity index (χ0) is 15.2. The molecule has 0 aromatic carbocycles. The molecule has 1 aromatic rings. The standard InChI is InChI=1S/C14H19ClN2O3/c1-14(2,3)20-13(19)16-7-5-4-6-10-8-11(15)12(18)17-9-10/h4,6,8-9H,5,7H2,1-3H3,(H,16,19)(H,17,18). The van der Waals surface area contributed by atoms with E-state index in [0.29, 0.717) is 13.0 Å². The Balaban J connectivity index is 2.34. The van der Waals surface area contributed by atoms with Gasteiger partial charge in [-0.25, -0.2) is 4.79 Å². The van der Waals surface area contributed by atoms with Crippen molar-refractivity contribution >= 4 is 23.8 Å². The van der Waals surface area contributed by atoms with E-state index < -0.39 is 11.7 Å². The van der Waals surface area contributed by atoms with Gasteiger partial charge in [-0.1, -0.05) is 23.8 Å². The number of ether oxygens (including phenoxy) is 1. The number of aromatic nitrogens is 1. The van der Waals surface area contributed by atoms with Gasteiger partial charge in [0.25, 0.3) is 5.56 Å². The summed E-state index contributed by atoms with van der Waals surface area (Å²) in [5.41, 5.74) is -0.00525. The van der Waals surface area contributed by atoms with Crippen LogP contribution in [0, 0.1) is 0 Å². The summed E-state index contributed by atoms with van der Waals surface area (Å²) in [4.78, 5) is 24.9. The molecule has 6 heteroatoms. The van der Waals surface area contributed by atoms with Gasteiger partial charge < -0.3 is 15.0 Å². The van der Waals surface area contributed by atoms with Crippen LogP contribution in [0.3, 0.4) is 0 Å². The average molecular weight is 299 g/mol. The van der Waals surface area contributed by atoms with E-state index in [1.807, 2.05) is 32.9 Å². The Labute approximate surface area is 123 Å². The lowest BCUT2D eigenvalue weighted by molar-refractivity contribution is 0.0529. The summed E-state index contributed by atoms with van der Waals surface area (Å²) in [6, 6.07) is 1.58. The highest BCUT2D eigenvalue weighted by Gasteiger charge is 2.15. The second-order valence-electron chi connectivity index (χ2n) is 5.23. The number of carbonyl (C=O) groups excluding carboxylic acids is 1. The van der Waals surface area contributed by atoms with E-state index in [1.165, 1.54) is 0 Å². The van der Waals surface area contributed by atoms with E-state index in [9.17, 15) is 9.59 Å². The maximum absolute atomic E-state index is 11.4. The molecule has 1 rings (SSSR count). The number of hydrogen-bond donors (Lipinski definition) is 2. The number of aromatic amines is 1. The number of hydrogen-bond acceptors (Lipinski definition) is 3. The molecule has 0 atom stereocenters. The summed E-state index contributed by atoms with van der Waals surface area (Å²) < 4.78 is 5.10. The van der Waals surface area contributed by atoms with Crippen molar-refractivity contribution in [2.45, 2.75) is 32.8 Å². The zero-order valence-electron chi connectivity index (χ0n) is 11.8. The van der Waals surface area contributed by atoms with Gasteiger partial charge in [-0.05, 0) is 38.8 Å². The molecule has 0 saturated carbocycles. The first-order valence-electron chi connectivity index (χ1n) is 6.29. The highest BCUT2D eigenvalue weighted by Crippen LogP contribution is 2.07. The Hall–Kier alpha value is -1.75. The lowest BCUT2D eigenvalue weighted by Gasteiger charge is -2.19. The quantitative estimate of drug-likeness (QED) is 0.840. The van der Waals surface area contributed by atoms with Gasteiger partial charge in [-0.15, -0.1) is 0 Å². The van der Waals surface area contributed by atoms with E-state index in [4.69, 9.17) is 16.3 Å². The van der Waals surface area contributed by atoms with Crippen LogP contribution in [0.1, 0.15) is 32.8 Å². The molecule has 0 aliphatic heterocycles. The van der Waals surface area contributed by atoms with Crippen LogP contribution in [0.2, 0.25) is 5.02 Å². The lowest BCUT2D eigenvalue weighted by Crippen LogP contribution is -2.32. The first kappa shape index (κ1) is 16.3. The summed E-state index contributed by atoms with van der Waals surface area (Å²) in [6.07, 6.45) is 5.49. The molecule has 0 saturated heterocycles. The number of alkyl carbamates (subject to hydrolysis) is 1. The predicted molar refractivity (Wildman–Crippen MR) is 80.0 cm³/mol. The molecular formula is C14H19ClN2O3. The van der Waals surface area contributed by atoms with Crippen LogP contribution in [0.25, 0.3) is 6.08 Å². The lowest BCUT2D eigenvalue weighted by atomic mass is 10.2. The molecule has 0 radical (unpaired) electrons. The van der Waals surface area contributed by atoms with Crippen LogP contribution in [0.15, 0.2) is 23.1 Å². The molecule has 0 bridgehead atoms. The number of rotatable bonds is 4. The predicted octanol–water partition coefficient (Wildman–Crippen LogP) is 2.96. The third-order valence-electron chi connectivity index (χ3n) is 2.17. The van der Waals surface area contributed by atoms with Crippen molar-refractivity contribution in [1.82, 2.24) is 10.3 Å². The molecule has 1 aromatic heterocycles. The first-order chi connectivity index (χ1) is 9.28. The minimum Gasteiger partial charge on any atom is -0.444 e. The smallest absolute Gasteiger partial charge is 0.407 e. The fraction of sp³-hybridized carbons (Fsp3) is 0.429. The number of halogens is 1. The fourth-order valence-electron chi connectivity index (χ4n) is 1.36. The fourth-order valence-corrected chi connectivity index (χ4v) is 1.54. The van der Waals surface area contributed by atoms with Gasteiger partial charge in [0.1, 0.15) is 10.6 Å². The molecule has 0 fully saturated rings. The number of nitrogens with one attached hydrogen (secondary N) is 2. The maximum atomic E-state index is 11.4. The molecule has 0 aliphatic rings. The van der Waals surface area contributed by atoms with Crippen molar-refractivity contribution in [2.24, 2.45) is 0 Å². The summed E-state index contributed by atoms with van der Waals surface area (Å²) in [6.45, 7) is 5.91. The molecule has 110 valence electrons. The molecule has 2 N–H and O–H groups in total. The van der Waals surface area contributed by atoms with Crippen LogP contribution in [-0.2, 0) is 4.74 Å². The second kappa shape index (κ2) is 7.14. The Kier molecular flexibility index (Phi) is 5.82. The van der Waals surface area contributed by atoms with E-state index >= 15 is 0 Å². The Morgan fingerprint density at radius 2 is 2.20 bits per heavy atom. The molecule has 0 unspecified atom stereocenters. The number of pyridine rings is 1. The van der Waals surface area contributed by atoms with Gasteiger partial charge in [-0.3, -0.25) is 4.79 Å². The SMILES string of the molecule is CC(C)(C)OC(=O)NCCC=Cc1c[nH]c(=O)c(Cl)c1. The highest BCUT2D eigenvalue weighted by molar-refractivity contribution is 6.30. The molecule has 5 nitrogen and oxygen atoms in total. The van der Waals surface area contributed by atoms with Gasteiger partial charge in [-0.2, -0.15) is 0 Å². The monoisotopic (exact) mass is 298 g/mol. The van der Waals surface area contributed by atoms with Crippen molar-refractivity contribution in [1.29, 1.82) is 0 Å². The zero-order valence-corrected chi connectivity index (χ0v) is 12.6. The van der Waals surface area contributed by atoms with Crippen molar-refractivity contribution in [3.05, 3.63) is 39.3 Å². The third-order valence-corrected chi connectivity index (χ3v) is 2.45. The summed E-state index contributed by atoms with van der Waals surface area (Å²) >= 11 is 5.71. The summed E-state index contributed by atoms with van der Waals surface area (Å²) in [5, 5.41) is 2.80. The number of H-pyrrole nitrogens is 1. The van der Waals surface area contributed by atoms with Crippen LogP contribution in [0.4, 0.5) is 4.79 Å². The summed E-state index contributed by atoms with van der Waals surface area (Å²) in [5.74, 6) is 0. The molecular weight excluding hydrogens is 280 g/mol. The topological polar surface area (TPSA) is 71.2 Å². The van der Waals surface area contributed by atoms with E-state index in [1.54, 1.807) is 12.3 Å². The first-order valence-corrected chi connectivity index (χ1v) is 6.67. The Morgan fingerprint density at radius 1 is 1.50 bits per heavy atom. The van der Waals surface area contributed by atoms with Gasteiger partial charge >= 0.3 is 6.09 Å². The van der Waals surface area contributed by atoms with Crippen molar-refractivity contribution < 1.29 is 9.53 Å². The van der Waals surface area contributed by atoms with Crippen molar-refractivity contribution in [3.63, 3.8) is 0 Å². The largest absolute Gasteiger partial charge is 0.444 e. The number of amides is 1. The molecule has 1 amide bonds. The molecule has 1 heterocycles. The second-order valence-corrected chi connectivity index (χ2v) is 5.64. The molecule has 0 spiro atoms. The maximum Gasteiger partial charge on any atom is 0.407 e. The van der Waals surface area contributed by atoms with Crippen molar-refractivity contribution in [3.8, 4) is 0 Å². The van der Waals surface area contributed by atoms with Crippen LogP contribution >= 0.6 is 11.6 Å². The van der Waals surface area contributed by atoms with Gasteiger partial charge in [0.15, 0.2) is 0 Å². The third kappa shape index (κ3) is 6.43. The van der Waals surface area contributed by atoms with Crippen LogP contribution < -0.4 is 10.9 Å². The van der Waals surface area contributed by atoms with E-state index in [0.717, 1.165) is 5.56 Å². The average Bonchev–Trinajstić information content (AvgIpc) is 2.31. The van der Waals surface area contributed by atoms with Gasteiger partial charge in [0, 0.05) is 12.7 Å². The van der Waals surface area contributed by atoms with E-state index in [-0.39, 0.29) is 10.6 Å². The van der Waals surface area contributed by atoms with Crippen LogP contribution in [-0.4, -0.2) is 23.2 Å².